The van der Waals surface area contributed by atoms with Crippen LogP contribution in [0.25, 0.3) is 0 Å². The number of piperidine rings is 1. The number of carbonyl (C=O) groups excluding carboxylic acids is 1. The molecular formula is C23H27NO3. The van der Waals surface area contributed by atoms with Gasteiger partial charge in [0.2, 0.25) is 0 Å². The van der Waals surface area contributed by atoms with E-state index in [1.807, 2.05) is 17.9 Å². The molecule has 0 bridgehead atoms. The number of hydrogen-bond donors (Lipinski definition) is 1. The van der Waals surface area contributed by atoms with Gasteiger partial charge in [-0.05, 0) is 62.4 Å². The third kappa shape index (κ3) is 3.29. The molecule has 2 aromatic carbocycles. The monoisotopic (exact) mass is 365 g/mol. The summed E-state index contributed by atoms with van der Waals surface area (Å²) in [6, 6.07) is 9.63. The van der Waals surface area contributed by atoms with Crippen LogP contribution < -0.4 is 4.74 Å². The number of phenolic OH excluding ortho intramolecular Hbond substituents is 1. The molecule has 0 unspecified atom stereocenters. The summed E-state index contributed by atoms with van der Waals surface area (Å²) >= 11 is 0. The molecule has 1 saturated heterocycles. The van der Waals surface area contributed by atoms with Gasteiger partial charge in [-0.1, -0.05) is 23.8 Å². The summed E-state index contributed by atoms with van der Waals surface area (Å²) in [4.78, 5) is 14.7. The molecule has 4 rings (SSSR count). The van der Waals surface area contributed by atoms with E-state index in [2.05, 4.69) is 26.0 Å². The molecule has 27 heavy (non-hydrogen) atoms. The van der Waals surface area contributed by atoms with Gasteiger partial charge < -0.3 is 14.7 Å². The van der Waals surface area contributed by atoms with Gasteiger partial charge >= 0.3 is 0 Å². The van der Waals surface area contributed by atoms with E-state index in [0.29, 0.717) is 18.7 Å². The van der Waals surface area contributed by atoms with E-state index in [9.17, 15) is 9.90 Å². The number of carbonyl (C=O) groups is 1. The van der Waals surface area contributed by atoms with Crippen LogP contribution >= 0.6 is 0 Å². The van der Waals surface area contributed by atoms with E-state index in [1.165, 1.54) is 16.7 Å². The molecule has 0 radical (unpaired) electrons. The molecule has 4 nitrogen and oxygen atoms in total. The molecule has 1 spiro atoms. The number of fused-ring (bicyclic) bond motifs is 1. The third-order valence-corrected chi connectivity index (χ3v) is 6.01. The molecule has 2 aliphatic heterocycles. The Morgan fingerprint density at radius 1 is 1.04 bits per heavy atom. The van der Waals surface area contributed by atoms with Crippen LogP contribution in [0.2, 0.25) is 0 Å². The summed E-state index contributed by atoms with van der Waals surface area (Å²) in [6.45, 7) is 7.46. The van der Waals surface area contributed by atoms with Crippen molar-refractivity contribution >= 4 is 5.91 Å². The SMILES string of the molecule is Cc1ccc(C(=O)N2CCC3(CCc4cc(C)cc(C)c4O3)CC2)c(O)c1. The molecule has 0 atom stereocenters. The van der Waals surface area contributed by atoms with Gasteiger partial charge in [0, 0.05) is 25.9 Å². The van der Waals surface area contributed by atoms with Gasteiger partial charge in [0.05, 0.1) is 5.56 Å². The number of nitrogens with zero attached hydrogens (tertiary/aromatic N) is 1. The quantitative estimate of drug-likeness (QED) is 0.819. The molecule has 0 saturated carbocycles. The van der Waals surface area contributed by atoms with Crippen molar-refractivity contribution in [2.45, 2.75) is 52.1 Å². The van der Waals surface area contributed by atoms with Crippen molar-refractivity contribution in [1.82, 2.24) is 4.90 Å². The molecule has 2 heterocycles. The van der Waals surface area contributed by atoms with E-state index < -0.39 is 0 Å². The number of aryl methyl sites for hydroxylation is 4. The topological polar surface area (TPSA) is 49.8 Å². The average Bonchev–Trinajstić information content (AvgIpc) is 2.63. The van der Waals surface area contributed by atoms with Crippen molar-refractivity contribution in [3.63, 3.8) is 0 Å². The van der Waals surface area contributed by atoms with Crippen LogP contribution in [0.3, 0.4) is 0 Å². The molecule has 0 aliphatic carbocycles. The number of benzene rings is 2. The largest absolute Gasteiger partial charge is 0.507 e. The van der Waals surface area contributed by atoms with E-state index in [0.717, 1.165) is 37.0 Å². The second kappa shape index (κ2) is 6.59. The van der Waals surface area contributed by atoms with Crippen molar-refractivity contribution in [3.8, 4) is 11.5 Å². The minimum atomic E-state index is -0.168. The smallest absolute Gasteiger partial charge is 0.257 e. The lowest BCUT2D eigenvalue weighted by molar-refractivity contribution is -0.0112. The third-order valence-electron chi connectivity index (χ3n) is 6.01. The summed E-state index contributed by atoms with van der Waals surface area (Å²) in [5, 5.41) is 10.1. The first kappa shape index (κ1) is 17.9. The lowest BCUT2D eigenvalue weighted by Gasteiger charge is -2.45. The molecule has 1 amide bonds. The number of aromatic hydroxyl groups is 1. The van der Waals surface area contributed by atoms with Crippen LogP contribution in [0.15, 0.2) is 30.3 Å². The molecule has 1 N–H and O–H groups in total. The maximum Gasteiger partial charge on any atom is 0.257 e. The molecule has 2 aliphatic rings. The van der Waals surface area contributed by atoms with Gasteiger partial charge in [-0.25, -0.2) is 0 Å². The fourth-order valence-corrected chi connectivity index (χ4v) is 4.47. The molecule has 0 aromatic heterocycles. The Kier molecular flexibility index (Phi) is 4.37. The zero-order chi connectivity index (χ0) is 19.2. The zero-order valence-corrected chi connectivity index (χ0v) is 16.3. The van der Waals surface area contributed by atoms with Crippen LogP contribution in [0.4, 0.5) is 0 Å². The molecule has 4 heteroatoms. The number of phenols is 1. The zero-order valence-electron chi connectivity index (χ0n) is 16.3. The first-order valence-corrected chi connectivity index (χ1v) is 9.75. The van der Waals surface area contributed by atoms with E-state index in [1.54, 1.807) is 12.1 Å². The number of rotatable bonds is 1. The van der Waals surface area contributed by atoms with Crippen LogP contribution in [-0.4, -0.2) is 34.6 Å². The van der Waals surface area contributed by atoms with Gasteiger partial charge in [0.15, 0.2) is 0 Å². The van der Waals surface area contributed by atoms with E-state index >= 15 is 0 Å². The Labute approximate surface area is 160 Å². The normalized spacial score (nSPS) is 18.1. The van der Waals surface area contributed by atoms with Gasteiger partial charge in [0.1, 0.15) is 17.1 Å². The van der Waals surface area contributed by atoms with E-state index in [-0.39, 0.29) is 17.3 Å². The Hall–Kier alpha value is -2.49. The highest BCUT2D eigenvalue weighted by Crippen LogP contribution is 2.41. The summed E-state index contributed by atoms with van der Waals surface area (Å²) in [5.74, 6) is 1.02. The number of hydrogen-bond acceptors (Lipinski definition) is 3. The first-order valence-electron chi connectivity index (χ1n) is 9.75. The predicted octanol–water partition coefficient (Wildman–Crippen LogP) is 4.32. The predicted molar refractivity (Wildman–Crippen MR) is 106 cm³/mol. The van der Waals surface area contributed by atoms with Crippen molar-refractivity contribution in [3.05, 3.63) is 58.1 Å². The Morgan fingerprint density at radius 3 is 2.48 bits per heavy atom. The fourth-order valence-electron chi connectivity index (χ4n) is 4.47. The minimum Gasteiger partial charge on any atom is -0.507 e. The van der Waals surface area contributed by atoms with Gasteiger partial charge in [-0.2, -0.15) is 0 Å². The van der Waals surface area contributed by atoms with Crippen LogP contribution in [0.1, 0.15) is 51.9 Å². The van der Waals surface area contributed by atoms with Crippen molar-refractivity contribution in [1.29, 1.82) is 0 Å². The van der Waals surface area contributed by atoms with Gasteiger partial charge in [0.25, 0.3) is 5.91 Å². The Balaban J connectivity index is 1.48. The van der Waals surface area contributed by atoms with E-state index in [4.69, 9.17) is 4.74 Å². The fraction of sp³-hybridized carbons (Fsp3) is 0.435. The second-order valence-corrected chi connectivity index (χ2v) is 8.17. The highest BCUT2D eigenvalue weighted by molar-refractivity contribution is 5.97. The number of likely N-dealkylation sites (tertiary alicyclic amines) is 1. The first-order chi connectivity index (χ1) is 12.9. The highest BCUT2D eigenvalue weighted by atomic mass is 16.5. The number of ether oxygens (including phenoxy) is 1. The minimum absolute atomic E-state index is 0.0640. The second-order valence-electron chi connectivity index (χ2n) is 8.17. The molecule has 2 aromatic rings. The summed E-state index contributed by atoms with van der Waals surface area (Å²) < 4.78 is 6.53. The number of amides is 1. The molecule has 1 fully saturated rings. The highest BCUT2D eigenvalue weighted by Gasteiger charge is 2.41. The lowest BCUT2D eigenvalue weighted by atomic mass is 9.82. The Bertz CT molecular complexity index is 895. The van der Waals surface area contributed by atoms with Crippen molar-refractivity contribution < 1.29 is 14.6 Å². The molecule has 142 valence electrons. The van der Waals surface area contributed by atoms with Crippen LogP contribution in [0.5, 0.6) is 11.5 Å². The van der Waals surface area contributed by atoms with Crippen LogP contribution in [0, 0.1) is 20.8 Å². The van der Waals surface area contributed by atoms with Crippen molar-refractivity contribution in [2.75, 3.05) is 13.1 Å². The Morgan fingerprint density at radius 2 is 1.78 bits per heavy atom. The van der Waals surface area contributed by atoms with Crippen molar-refractivity contribution in [2.24, 2.45) is 0 Å². The summed E-state index contributed by atoms with van der Waals surface area (Å²) in [6.07, 6.45) is 3.70. The summed E-state index contributed by atoms with van der Waals surface area (Å²) in [5.41, 5.74) is 4.95. The maximum absolute atomic E-state index is 12.8. The molecular weight excluding hydrogens is 338 g/mol. The van der Waals surface area contributed by atoms with Gasteiger partial charge in [-0.3, -0.25) is 4.79 Å². The maximum atomic E-state index is 12.8. The van der Waals surface area contributed by atoms with Gasteiger partial charge in [-0.15, -0.1) is 0 Å². The summed E-state index contributed by atoms with van der Waals surface area (Å²) in [7, 11) is 0. The average molecular weight is 365 g/mol. The lowest BCUT2D eigenvalue weighted by Crippen LogP contribution is -2.51. The standard InChI is InChI=1S/C23H27NO3/c1-15-4-5-19(20(25)14-15)22(26)24-10-8-23(9-11-24)7-6-18-13-16(2)12-17(3)21(18)27-23/h4-5,12-14,25H,6-11H2,1-3H3. The van der Waals surface area contributed by atoms with Crippen LogP contribution in [-0.2, 0) is 6.42 Å².